The van der Waals surface area contributed by atoms with E-state index in [4.69, 9.17) is 23.9 Å². The summed E-state index contributed by atoms with van der Waals surface area (Å²) in [6, 6.07) is 0. The third-order valence-electron chi connectivity index (χ3n) is 6.36. The molecule has 12 heteroatoms. The van der Waals surface area contributed by atoms with Crippen molar-refractivity contribution >= 4 is 27.2 Å². The number of ketones is 1. The molecule has 0 spiro atoms. The maximum absolute atomic E-state index is 12.5. The van der Waals surface area contributed by atoms with Crippen molar-refractivity contribution in [1.82, 2.24) is 4.90 Å². The Morgan fingerprint density at radius 3 is 1.51 bits per heavy atom. The molecule has 0 saturated heterocycles. The highest BCUT2D eigenvalue weighted by Gasteiger charge is 2.51. The Morgan fingerprint density at radius 2 is 1.10 bits per heavy atom. The fourth-order valence-electron chi connectivity index (χ4n) is 4.38. The summed E-state index contributed by atoms with van der Waals surface area (Å²) in [5.74, 6) is 0.255. The lowest BCUT2D eigenvalue weighted by atomic mass is 10.0. The molecule has 0 aliphatic carbocycles. The molecule has 0 rings (SSSR count). The zero-order valence-electron chi connectivity index (χ0n) is 25.3. The molecule has 0 atom stereocenters. The zero-order chi connectivity index (χ0) is 28.2. The van der Waals surface area contributed by atoms with Gasteiger partial charge in [-0.15, -0.1) is 12.4 Å². The zero-order valence-corrected chi connectivity index (χ0v) is 27.1. The van der Waals surface area contributed by atoms with E-state index in [0.29, 0.717) is 39.0 Å². The summed E-state index contributed by atoms with van der Waals surface area (Å²) in [6.45, 7) is 4.67. The SMILES string of the molecule is CCCCCCCCCCCCCCCCCC(=O)CN(CCN)CCCO[Si](OOC)(OOC)OOC.Cl. The fourth-order valence-corrected chi connectivity index (χ4v) is 5.61. The Hall–Kier alpha value is -0.183. The van der Waals surface area contributed by atoms with Gasteiger partial charge in [-0.05, 0) is 12.8 Å². The molecule has 0 fully saturated rings. The van der Waals surface area contributed by atoms with E-state index >= 15 is 0 Å². The van der Waals surface area contributed by atoms with Gasteiger partial charge >= 0.3 is 9.05 Å². The van der Waals surface area contributed by atoms with Crippen LogP contribution in [0, 0.1) is 0 Å². The topological polar surface area (TPSA) is 111 Å². The van der Waals surface area contributed by atoms with Gasteiger partial charge in [0.2, 0.25) is 0 Å². The molecule has 39 heavy (non-hydrogen) atoms. The van der Waals surface area contributed by atoms with Crippen LogP contribution >= 0.6 is 12.4 Å². The average Bonchev–Trinajstić information content (AvgIpc) is 2.89. The second-order valence-corrected chi connectivity index (χ2v) is 11.5. The van der Waals surface area contributed by atoms with Crippen molar-refractivity contribution in [2.24, 2.45) is 5.73 Å². The van der Waals surface area contributed by atoms with Gasteiger partial charge in [0.15, 0.2) is 0 Å². The number of nitrogens with zero attached hydrogens (tertiary/aromatic N) is 1. The standard InChI is InChI=1S/C27H58N2O8Si.ClH/c1-5-6-7-8-9-10-11-12-13-14-15-16-17-18-19-21-27(30)26-29(24-22-28)23-20-25-34-38(35-31-2,36-32-3)37-33-4;/h5-26,28H2,1-4H3;1H. The quantitative estimate of drug-likeness (QED) is 0.0434. The molecule has 0 bridgehead atoms. The number of Topliss-reactive ketones (excluding diaryl/α,β-unsaturated/α-hetero) is 1. The second kappa shape index (κ2) is 30.8. The van der Waals surface area contributed by atoms with Crippen LogP contribution in [-0.4, -0.2) is 73.8 Å². The molecule has 10 nitrogen and oxygen atoms in total. The van der Waals surface area contributed by atoms with Crippen LogP contribution in [-0.2, 0) is 37.6 Å². The van der Waals surface area contributed by atoms with Crippen molar-refractivity contribution in [2.75, 3.05) is 54.1 Å². The lowest BCUT2D eigenvalue weighted by Gasteiger charge is -2.24. The number of unbranched alkanes of at least 4 members (excludes halogenated alkanes) is 14. The van der Waals surface area contributed by atoms with Crippen LogP contribution in [0.4, 0.5) is 0 Å². The second-order valence-electron chi connectivity index (χ2n) is 9.76. The van der Waals surface area contributed by atoms with Crippen molar-refractivity contribution in [3.63, 3.8) is 0 Å². The molecule has 0 aromatic heterocycles. The van der Waals surface area contributed by atoms with Crippen molar-refractivity contribution in [3.05, 3.63) is 0 Å². The van der Waals surface area contributed by atoms with Crippen LogP contribution in [0.5, 0.6) is 0 Å². The Kier molecular flexibility index (Phi) is 32.3. The normalized spacial score (nSPS) is 11.7. The minimum Gasteiger partial charge on any atom is -0.347 e. The molecule has 236 valence electrons. The molecule has 0 aromatic carbocycles. The van der Waals surface area contributed by atoms with Gasteiger partial charge < -0.3 is 10.2 Å². The van der Waals surface area contributed by atoms with Gasteiger partial charge in [-0.1, -0.05) is 96.8 Å². The minimum absolute atomic E-state index is 0. The lowest BCUT2D eigenvalue weighted by molar-refractivity contribution is -0.370. The number of halogens is 1. The third kappa shape index (κ3) is 25.3. The number of nitrogens with two attached hydrogens (primary N) is 1. The predicted octanol–water partition coefficient (Wildman–Crippen LogP) is 6.08. The average molecular weight is 603 g/mol. The van der Waals surface area contributed by atoms with Crippen molar-refractivity contribution in [3.8, 4) is 0 Å². The molecule has 0 unspecified atom stereocenters. The smallest absolute Gasteiger partial charge is 0.347 e. The Balaban J connectivity index is 0. The molecular weight excluding hydrogens is 544 g/mol. The lowest BCUT2D eigenvalue weighted by Crippen LogP contribution is -2.49. The molecular formula is C27H59ClN2O8Si. The third-order valence-corrected chi connectivity index (χ3v) is 8.03. The molecule has 0 aliphatic rings. The van der Waals surface area contributed by atoms with E-state index in [0.717, 1.165) is 12.8 Å². The highest BCUT2D eigenvalue weighted by atomic mass is 35.5. The summed E-state index contributed by atoms with van der Waals surface area (Å²) in [4.78, 5) is 28.5. The predicted molar refractivity (Wildman–Crippen MR) is 158 cm³/mol. The molecule has 0 heterocycles. The van der Waals surface area contributed by atoms with Crippen LogP contribution in [0.2, 0.25) is 0 Å². The van der Waals surface area contributed by atoms with Crippen LogP contribution in [0.15, 0.2) is 0 Å². The van der Waals surface area contributed by atoms with E-state index in [1.165, 1.54) is 105 Å². The van der Waals surface area contributed by atoms with Crippen LogP contribution in [0.25, 0.3) is 0 Å². The first-order chi connectivity index (χ1) is 18.6. The van der Waals surface area contributed by atoms with Gasteiger partial charge in [0, 0.05) is 32.7 Å². The van der Waals surface area contributed by atoms with E-state index in [2.05, 4.69) is 21.6 Å². The number of hydrogen-bond donors (Lipinski definition) is 1. The minimum atomic E-state index is -3.74. The van der Waals surface area contributed by atoms with Crippen molar-refractivity contribution in [2.45, 2.75) is 116 Å². The number of hydrogen-bond acceptors (Lipinski definition) is 10. The molecule has 2 N–H and O–H groups in total. The maximum Gasteiger partial charge on any atom is 0.764 e. The fraction of sp³-hybridized carbons (Fsp3) is 0.963. The van der Waals surface area contributed by atoms with E-state index in [1.54, 1.807) is 0 Å². The van der Waals surface area contributed by atoms with Gasteiger partial charge in [-0.3, -0.25) is 9.69 Å². The number of rotatable bonds is 31. The molecule has 0 aromatic rings. The first-order valence-corrected chi connectivity index (χ1v) is 16.4. The first-order valence-electron chi connectivity index (χ1n) is 14.8. The monoisotopic (exact) mass is 602 g/mol. The van der Waals surface area contributed by atoms with Gasteiger partial charge in [0.25, 0.3) is 0 Å². The van der Waals surface area contributed by atoms with E-state index in [-0.39, 0.29) is 24.8 Å². The molecule has 0 aliphatic heterocycles. The summed E-state index contributed by atoms with van der Waals surface area (Å²) in [6.07, 6.45) is 21.0. The van der Waals surface area contributed by atoms with E-state index < -0.39 is 9.05 Å². The van der Waals surface area contributed by atoms with Crippen LogP contribution in [0.1, 0.15) is 116 Å². The number of carbonyl (C=O) groups is 1. The Labute approximate surface area is 245 Å². The summed E-state index contributed by atoms with van der Waals surface area (Å²) in [7, 11) is 0.164. The summed E-state index contributed by atoms with van der Waals surface area (Å²) in [5.41, 5.74) is 5.75. The number of carbonyl (C=O) groups excluding carboxylic acids is 1. The van der Waals surface area contributed by atoms with Crippen LogP contribution in [0.3, 0.4) is 0 Å². The Morgan fingerprint density at radius 1 is 0.667 bits per heavy atom. The largest absolute Gasteiger partial charge is 0.764 e. The van der Waals surface area contributed by atoms with Crippen molar-refractivity contribution < 1.29 is 37.6 Å². The van der Waals surface area contributed by atoms with Crippen molar-refractivity contribution in [1.29, 1.82) is 0 Å². The summed E-state index contributed by atoms with van der Waals surface area (Å²) < 4.78 is 20.5. The van der Waals surface area contributed by atoms with Crippen LogP contribution < -0.4 is 5.73 Å². The van der Waals surface area contributed by atoms with E-state index in [1.807, 2.05) is 4.90 Å². The molecule has 0 radical (unpaired) electrons. The first kappa shape index (κ1) is 41.0. The Bertz CT molecular complexity index is 509. The van der Waals surface area contributed by atoms with E-state index in [9.17, 15) is 4.79 Å². The molecule has 0 saturated carbocycles. The molecule has 0 amide bonds. The van der Waals surface area contributed by atoms with Gasteiger partial charge in [-0.25, -0.2) is 14.7 Å². The summed E-state index contributed by atoms with van der Waals surface area (Å²) >= 11 is 0. The summed E-state index contributed by atoms with van der Waals surface area (Å²) in [5, 5.41) is 0. The highest BCUT2D eigenvalue weighted by Crippen LogP contribution is 2.15. The van der Waals surface area contributed by atoms with Gasteiger partial charge in [-0.2, -0.15) is 13.7 Å². The maximum atomic E-state index is 12.5. The highest BCUT2D eigenvalue weighted by molar-refractivity contribution is 6.52. The van der Waals surface area contributed by atoms with Gasteiger partial charge in [0.05, 0.1) is 27.9 Å². The van der Waals surface area contributed by atoms with Gasteiger partial charge in [0.1, 0.15) is 5.78 Å².